The van der Waals surface area contributed by atoms with Crippen LogP contribution in [0.25, 0.3) is 0 Å². The van der Waals surface area contributed by atoms with Crippen molar-refractivity contribution in [1.82, 2.24) is 19.4 Å². The topological polar surface area (TPSA) is 36.3 Å². The Bertz CT molecular complexity index is 437. The van der Waals surface area contributed by atoms with E-state index >= 15 is 0 Å². The first-order chi connectivity index (χ1) is 9.13. The third-order valence-corrected chi connectivity index (χ3v) is 4.27. The molecular formula is C14H25N5. The lowest BCUT2D eigenvalue weighted by Gasteiger charge is -2.37. The lowest BCUT2D eigenvalue weighted by molar-refractivity contribution is 0.121. The average molecular weight is 263 g/mol. The molecule has 2 aliphatic rings. The number of nitrogens with zero attached hydrogens (tertiary/aromatic N) is 4. The van der Waals surface area contributed by atoms with Crippen LogP contribution in [0.4, 0.5) is 5.95 Å². The fourth-order valence-electron chi connectivity index (χ4n) is 2.81. The second kappa shape index (κ2) is 5.13. The van der Waals surface area contributed by atoms with Gasteiger partial charge in [-0.05, 0) is 33.9 Å². The molecule has 3 rings (SSSR count). The Labute approximate surface area is 115 Å². The van der Waals surface area contributed by atoms with Crippen molar-refractivity contribution in [1.29, 1.82) is 0 Å². The van der Waals surface area contributed by atoms with Gasteiger partial charge in [0.2, 0.25) is 5.95 Å². The number of rotatable bonds is 4. The number of likely N-dealkylation sites (N-methyl/N-ethyl adjacent to an activating group) is 2. The lowest BCUT2D eigenvalue weighted by Crippen LogP contribution is -2.52. The highest BCUT2D eigenvalue weighted by Gasteiger charge is 2.27. The summed E-state index contributed by atoms with van der Waals surface area (Å²) in [6, 6.07) is 1.26. The summed E-state index contributed by atoms with van der Waals surface area (Å²) in [6.07, 6.45) is 4.78. The zero-order valence-electron chi connectivity index (χ0n) is 12.3. The molecule has 1 N–H and O–H groups in total. The maximum atomic E-state index is 4.62. The molecule has 1 saturated heterocycles. The molecule has 0 bridgehead atoms. The van der Waals surface area contributed by atoms with Gasteiger partial charge in [-0.15, -0.1) is 0 Å². The second-order valence-corrected chi connectivity index (χ2v) is 6.12. The lowest BCUT2D eigenvalue weighted by atomic mass is 10.2. The molecule has 2 fully saturated rings. The van der Waals surface area contributed by atoms with E-state index in [4.69, 9.17) is 0 Å². The number of imidazole rings is 1. The van der Waals surface area contributed by atoms with Gasteiger partial charge in [-0.25, -0.2) is 4.98 Å². The highest BCUT2D eigenvalue weighted by atomic mass is 15.3. The normalized spacial score (nSPS) is 25.7. The quantitative estimate of drug-likeness (QED) is 0.885. The van der Waals surface area contributed by atoms with Gasteiger partial charge >= 0.3 is 0 Å². The van der Waals surface area contributed by atoms with E-state index < -0.39 is 0 Å². The van der Waals surface area contributed by atoms with Gasteiger partial charge in [0.05, 0.1) is 5.69 Å². The van der Waals surface area contributed by atoms with Crippen LogP contribution in [0.5, 0.6) is 0 Å². The van der Waals surface area contributed by atoms with Gasteiger partial charge in [0.25, 0.3) is 0 Å². The van der Waals surface area contributed by atoms with Crippen LogP contribution in [0.3, 0.4) is 0 Å². The Kier molecular flexibility index (Phi) is 3.50. The van der Waals surface area contributed by atoms with Gasteiger partial charge in [-0.3, -0.25) is 4.90 Å². The van der Waals surface area contributed by atoms with Crippen molar-refractivity contribution < 1.29 is 0 Å². The van der Waals surface area contributed by atoms with Gasteiger partial charge in [0.15, 0.2) is 0 Å². The number of hydrogen-bond donors (Lipinski definition) is 1. The van der Waals surface area contributed by atoms with Crippen LogP contribution in [-0.4, -0.2) is 65.7 Å². The van der Waals surface area contributed by atoms with Crippen molar-refractivity contribution >= 4 is 5.95 Å². The third-order valence-electron chi connectivity index (χ3n) is 4.27. The van der Waals surface area contributed by atoms with Crippen LogP contribution < -0.4 is 5.32 Å². The molecule has 2 heterocycles. The average Bonchev–Trinajstić information content (AvgIpc) is 3.15. The standard InChI is InChI=1S/C14H25N5/c1-11-9-19(12-4-5-12)14(16-11)15-8-13-10-17(2)6-7-18(13)3/h9,12-13H,4-8,10H2,1-3H3,(H,15,16). The molecule has 1 aromatic heterocycles. The first kappa shape index (κ1) is 12.9. The van der Waals surface area contributed by atoms with Gasteiger partial charge < -0.3 is 14.8 Å². The maximum Gasteiger partial charge on any atom is 0.203 e. The zero-order valence-corrected chi connectivity index (χ0v) is 12.3. The number of piperazine rings is 1. The number of hydrogen-bond acceptors (Lipinski definition) is 4. The molecular weight excluding hydrogens is 238 g/mol. The minimum atomic E-state index is 0.573. The van der Waals surface area contributed by atoms with E-state index in [1.807, 2.05) is 0 Å². The Hall–Kier alpha value is -1.07. The smallest absolute Gasteiger partial charge is 0.203 e. The first-order valence-electron chi connectivity index (χ1n) is 7.31. The minimum absolute atomic E-state index is 0.573. The van der Waals surface area contributed by atoms with Gasteiger partial charge in [0.1, 0.15) is 0 Å². The highest BCUT2D eigenvalue weighted by molar-refractivity contribution is 5.31. The van der Waals surface area contributed by atoms with Crippen molar-refractivity contribution in [2.45, 2.75) is 31.8 Å². The van der Waals surface area contributed by atoms with Gasteiger partial charge in [-0.2, -0.15) is 0 Å². The number of aryl methyl sites for hydroxylation is 1. The maximum absolute atomic E-state index is 4.62. The van der Waals surface area contributed by atoms with E-state index in [1.165, 1.54) is 19.4 Å². The monoisotopic (exact) mass is 263 g/mol. The fourth-order valence-corrected chi connectivity index (χ4v) is 2.81. The van der Waals surface area contributed by atoms with Crippen molar-refractivity contribution in [2.24, 2.45) is 0 Å². The molecule has 5 heteroatoms. The Morgan fingerprint density at radius 3 is 2.84 bits per heavy atom. The molecule has 1 saturated carbocycles. The Morgan fingerprint density at radius 1 is 1.32 bits per heavy atom. The Balaban J connectivity index is 1.62. The summed E-state index contributed by atoms with van der Waals surface area (Å²) >= 11 is 0. The molecule has 106 valence electrons. The molecule has 5 nitrogen and oxygen atoms in total. The minimum Gasteiger partial charge on any atom is -0.354 e. The van der Waals surface area contributed by atoms with E-state index in [1.54, 1.807) is 0 Å². The highest BCUT2D eigenvalue weighted by Crippen LogP contribution is 2.37. The van der Waals surface area contributed by atoms with Gasteiger partial charge in [-0.1, -0.05) is 0 Å². The number of nitrogens with one attached hydrogen (secondary N) is 1. The second-order valence-electron chi connectivity index (χ2n) is 6.12. The first-order valence-corrected chi connectivity index (χ1v) is 7.31. The van der Waals surface area contributed by atoms with E-state index in [0.29, 0.717) is 12.1 Å². The molecule has 0 amide bonds. The molecule has 19 heavy (non-hydrogen) atoms. The van der Waals surface area contributed by atoms with E-state index in [9.17, 15) is 0 Å². The molecule has 1 unspecified atom stereocenters. The summed E-state index contributed by atoms with van der Waals surface area (Å²) in [6.45, 7) is 6.50. The van der Waals surface area contributed by atoms with E-state index in [-0.39, 0.29) is 0 Å². The van der Waals surface area contributed by atoms with E-state index in [2.05, 4.69) is 51.9 Å². The van der Waals surface area contributed by atoms with Gasteiger partial charge in [0, 0.05) is 44.5 Å². The van der Waals surface area contributed by atoms with Crippen LogP contribution in [0.15, 0.2) is 6.20 Å². The summed E-state index contributed by atoms with van der Waals surface area (Å²) in [5, 5.41) is 3.56. The summed E-state index contributed by atoms with van der Waals surface area (Å²) in [4.78, 5) is 9.48. The van der Waals surface area contributed by atoms with Crippen LogP contribution in [-0.2, 0) is 0 Å². The van der Waals surface area contributed by atoms with Crippen LogP contribution in [0, 0.1) is 6.92 Å². The molecule has 1 aliphatic carbocycles. The molecule has 0 spiro atoms. The number of aromatic nitrogens is 2. The van der Waals surface area contributed by atoms with Crippen LogP contribution >= 0.6 is 0 Å². The number of anilines is 1. The van der Waals surface area contributed by atoms with Crippen molar-refractivity contribution in [3.05, 3.63) is 11.9 Å². The summed E-state index contributed by atoms with van der Waals surface area (Å²) in [5.74, 6) is 1.06. The summed E-state index contributed by atoms with van der Waals surface area (Å²) in [5.41, 5.74) is 1.11. The van der Waals surface area contributed by atoms with Crippen molar-refractivity contribution in [2.75, 3.05) is 45.6 Å². The molecule has 1 aliphatic heterocycles. The van der Waals surface area contributed by atoms with E-state index in [0.717, 1.165) is 31.3 Å². The van der Waals surface area contributed by atoms with Crippen molar-refractivity contribution in [3.63, 3.8) is 0 Å². The molecule has 0 aromatic carbocycles. The molecule has 1 atom stereocenters. The SMILES string of the molecule is Cc1cn(C2CC2)c(NCC2CN(C)CCN2C)n1. The molecule has 1 aromatic rings. The predicted octanol–water partition coefficient (Wildman–Crippen LogP) is 1.18. The Morgan fingerprint density at radius 2 is 2.11 bits per heavy atom. The van der Waals surface area contributed by atoms with Crippen LogP contribution in [0.1, 0.15) is 24.6 Å². The fraction of sp³-hybridized carbons (Fsp3) is 0.786. The van der Waals surface area contributed by atoms with Crippen molar-refractivity contribution in [3.8, 4) is 0 Å². The van der Waals surface area contributed by atoms with Crippen LogP contribution in [0.2, 0.25) is 0 Å². The zero-order chi connectivity index (χ0) is 13.4. The summed E-state index contributed by atoms with van der Waals surface area (Å²) < 4.78 is 2.32. The predicted molar refractivity (Wildman–Crippen MR) is 77.6 cm³/mol. The molecule has 0 radical (unpaired) electrons. The third kappa shape index (κ3) is 2.92. The largest absolute Gasteiger partial charge is 0.354 e. The summed E-state index contributed by atoms with van der Waals surface area (Å²) in [7, 11) is 4.42.